The topological polar surface area (TPSA) is 62.7 Å². The highest BCUT2D eigenvalue weighted by molar-refractivity contribution is 6.09. The molecule has 114 valence electrons. The molecule has 2 N–H and O–H groups in total. The Morgan fingerprint density at radius 2 is 2.14 bits per heavy atom. The van der Waals surface area contributed by atoms with Crippen LogP contribution in [0.25, 0.3) is 0 Å². The van der Waals surface area contributed by atoms with E-state index in [0.717, 1.165) is 0 Å². The molecule has 1 heterocycles. The maximum absolute atomic E-state index is 14.2. The van der Waals surface area contributed by atoms with Gasteiger partial charge in [0.15, 0.2) is 5.96 Å². The van der Waals surface area contributed by atoms with Crippen LogP contribution in [0.15, 0.2) is 23.2 Å². The van der Waals surface area contributed by atoms with Gasteiger partial charge < -0.3 is 10.1 Å². The lowest BCUT2D eigenvalue weighted by atomic mass is 9.91. The fourth-order valence-corrected chi connectivity index (χ4v) is 2.25. The average Bonchev–Trinajstić information content (AvgIpc) is 2.72. The van der Waals surface area contributed by atoms with Gasteiger partial charge in [0.25, 0.3) is 5.91 Å². The summed E-state index contributed by atoms with van der Waals surface area (Å²) in [6, 6.07) is 4.48. The molecule has 0 spiro atoms. The number of amides is 1. The average molecular weight is 293 g/mol. The number of hydrogen-bond donors (Lipinski definition) is 2. The van der Waals surface area contributed by atoms with Gasteiger partial charge in [-0.25, -0.2) is 4.39 Å². The third-order valence-electron chi connectivity index (χ3n) is 3.36. The van der Waals surface area contributed by atoms with Gasteiger partial charge in [-0.2, -0.15) is 0 Å². The lowest BCUT2D eigenvalue weighted by Crippen LogP contribution is -2.41. The molecule has 0 aliphatic carbocycles. The molecule has 0 bridgehead atoms. The number of aliphatic imine (C=N–C) groups is 1. The Morgan fingerprint density at radius 1 is 1.43 bits per heavy atom. The summed E-state index contributed by atoms with van der Waals surface area (Å²) in [7, 11) is 1.45. The molecule has 0 aromatic heterocycles. The van der Waals surface area contributed by atoms with E-state index in [2.05, 4.69) is 15.6 Å². The molecule has 1 fully saturated rings. The number of benzene rings is 1. The first-order valence-corrected chi connectivity index (χ1v) is 6.85. The van der Waals surface area contributed by atoms with E-state index in [1.165, 1.54) is 13.2 Å². The second-order valence-corrected chi connectivity index (χ2v) is 5.60. The van der Waals surface area contributed by atoms with Crippen LogP contribution in [0.4, 0.5) is 4.39 Å². The van der Waals surface area contributed by atoms with Gasteiger partial charge in [-0.05, 0) is 25.0 Å². The zero-order chi connectivity index (χ0) is 15.6. The van der Waals surface area contributed by atoms with Crippen molar-refractivity contribution in [2.24, 2.45) is 10.9 Å². The zero-order valence-corrected chi connectivity index (χ0v) is 12.7. The summed E-state index contributed by atoms with van der Waals surface area (Å²) in [6.45, 7) is 6.24. The van der Waals surface area contributed by atoms with Gasteiger partial charge in [0, 0.05) is 6.54 Å². The lowest BCUT2D eigenvalue weighted by Gasteiger charge is -2.24. The van der Waals surface area contributed by atoms with Crippen molar-refractivity contribution in [2.45, 2.75) is 26.3 Å². The highest BCUT2D eigenvalue weighted by atomic mass is 19.1. The summed E-state index contributed by atoms with van der Waals surface area (Å²) in [6.07, 6.45) is 0. The molecule has 1 amide bonds. The number of methoxy groups -OCH3 is 1. The zero-order valence-electron chi connectivity index (χ0n) is 12.7. The van der Waals surface area contributed by atoms with Crippen LogP contribution in [-0.2, 0) is 10.3 Å². The normalized spacial score (nSPS) is 23.3. The Balaban J connectivity index is 2.39. The molecule has 0 radical (unpaired) electrons. The number of carbonyl (C=O) groups is 1. The predicted molar refractivity (Wildman–Crippen MR) is 78.7 cm³/mol. The third-order valence-corrected chi connectivity index (χ3v) is 3.36. The number of halogens is 1. The van der Waals surface area contributed by atoms with Crippen molar-refractivity contribution >= 4 is 11.9 Å². The summed E-state index contributed by atoms with van der Waals surface area (Å²) in [5, 5.41) is 5.63. The highest BCUT2D eigenvalue weighted by Gasteiger charge is 2.46. The van der Waals surface area contributed by atoms with Gasteiger partial charge in [0.05, 0.1) is 12.7 Å². The van der Waals surface area contributed by atoms with Crippen LogP contribution >= 0.6 is 0 Å². The molecule has 2 rings (SSSR count). The van der Waals surface area contributed by atoms with Crippen LogP contribution in [0.1, 0.15) is 26.3 Å². The first kappa shape index (κ1) is 15.3. The third kappa shape index (κ3) is 2.84. The van der Waals surface area contributed by atoms with E-state index < -0.39 is 11.4 Å². The van der Waals surface area contributed by atoms with Gasteiger partial charge in [-0.15, -0.1) is 0 Å². The number of hydrogen-bond acceptors (Lipinski definition) is 3. The van der Waals surface area contributed by atoms with Gasteiger partial charge in [0.2, 0.25) is 0 Å². The van der Waals surface area contributed by atoms with Crippen molar-refractivity contribution in [3.05, 3.63) is 29.6 Å². The summed E-state index contributed by atoms with van der Waals surface area (Å²) in [4.78, 5) is 16.6. The molecule has 0 saturated carbocycles. The molecule has 5 nitrogen and oxygen atoms in total. The maximum Gasteiger partial charge on any atom is 0.257 e. The van der Waals surface area contributed by atoms with E-state index in [1.54, 1.807) is 19.1 Å². The molecule has 1 aliphatic rings. The Bertz CT molecular complexity index is 586. The summed E-state index contributed by atoms with van der Waals surface area (Å²) >= 11 is 0. The van der Waals surface area contributed by atoms with Crippen molar-refractivity contribution < 1.29 is 13.9 Å². The summed E-state index contributed by atoms with van der Waals surface area (Å²) in [5.41, 5.74) is -1.06. The lowest BCUT2D eigenvalue weighted by molar-refractivity contribution is -0.123. The minimum Gasteiger partial charge on any atom is -0.496 e. The molecule has 1 aromatic rings. The maximum atomic E-state index is 14.2. The summed E-state index contributed by atoms with van der Waals surface area (Å²) in [5.74, 6) is 0.204. The van der Waals surface area contributed by atoms with E-state index in [-0.39, 0.29) is 11.5 Å². The van der Waals surface area contributed by atoms with Crippen LogP contribution in [0.2, 0.25) is 0 Å². The van der Waals surface area contributed by atoms with Crippen LogP contribution in [-0.4, -0.2) is 25.5 Å². The molecule has 1 unspecified atom stereocenters. The van der Waals surface area contributed by atoms with E-state index in [4.69, 9.17) is 4.74 Å². The molecule has 21 heavy (non-hydrogen) atoms. The highest BCUT2D eigenvalue weighted by Crippen LogP contribution is 2.34. The smallest absolute Gasteiger partial charge is 0.257 e. The first-order chi connectivity index (χ1) is 9.88. The quantitative estimate of drug-likeness (QED) is 0.889. The molecule has 1 saturated heterocycles. The molecular weight excluding hydrogens is 273 g/mol. The first-order valence-electron chi connectivity index (χ1n) is 6.85. The van der Waals surface area contributed by atoms with E-state index in [9.17, 15) is 9.18 Å². The van der Waals surface area contributed by atoms with Crippen LogP contribution in [0.5, 0.6) is 5.75 Å². The Kier molecular flexibility index (Phi) is 4.16. The standard InChI is InChI=1S/C15H20FN3O2/c1-9(2)8-17-14-18-13(20)15(3,19-14)12-10(16)6-5-7-11(12)21-4/h5-7,9H,8H2,1-4H3,(H2,17,18,19,20). The van der Waals surface area contributed by atoms with Gasteiger partial charge in [-0.3, -0.25) is 15.1 Å². The Morgan fingerprint density at radius 3 is 2.76 bits per heavy atom. The van der Waals surface area contributed by atoms with Crippen molar-refractivity contribution in [3.63, 3.8) is 0 Å². The Labute approximate surface area is 123 Å². The second kappa shape index (κ2) is 5.71. The Hall–Kier alpha value is -2.11. The van der Waals surface area contributed by atoms with Gasteiger partial charge in [-0.1, -0.05) is 19.9 Å². The molecule has 1 atom stereocenters. The monoisotopic (exact) mass is 293 g/mol. The fourth-order valence-electron chi connectivity index (χ4n) is 2.25. The molecule has 1 aromatic carbocycles. The number of ether oxygens (including phenoxy) is 1. The van der Waals surface area contributed by atoms with Gasteiger partial charge >= 0.3 is 0 Å². The SMILES string of the molecule is COc1cccc(F)c1C1(C)NC(=NCC(C)C)NC1=O. The van der Waals surface area contributed by atoms with Crippen molar-refractivity contribution in [1.29, 1.82) is 0 Å². The number of nitrogens with one attached hydrogen (secondary N) is 2. The predicted octanol–water partition coefficient (Wildman–Crippen LogP) is 1.78. The number of guanidine groups is 1. The van der Waals surface area contributed by atoms with Crippen LogP contribution < -0.4 is 15.4 Å². The van der Waals surface area contributed by atoms with Crippen LogP contribution in [0.3, 0.4) is 0 Å². The van der Waals surface area contributed by atoms with E-state index in [0.29, 0.717) is 24.2 Å². The van der Waals surface area contributed by atoms with Crippen LogP contribution in [0, 0.1) is 11.7 Å². The largest absolute Gasteiger partial charge is 0.496 e. The minimum atomic E-state index is -1.24. The minimum absolute atomic E-state index is 0.180. The fraction of sp³-hybridized carbons (Fsp3) is 0.467. The van der Waals surface area contributed by atoms with Gasteiger partial charge in [0.1, 0.15) is 17.1 Å². The number of rotatable bonds is 4. The van der Waals surface area contributed by atoms with E-state index >= 15 is 0 Å². The summed E-state index contributed by atoms with van der Waals surface area (Å²) < 4.78 is 19.4. The molecular formula is C15H20FN3O2. The van der Waals surface area contributed by atoms with Crippen molar-refractivity contribution in [1.82, 2.24) is 10.6 Å². The van der Waals surface area contributed by atoms with Crippen molar-refractivity contribution in [3.8, 4) is 5.75 Å². The van der Waals surface area contributed by atoms with E-state index in [1.807, 2.05) is 13.8 Å². The second-order valence-electron chi connectivity index (χ2n) is 5.60. The molecule has 1 aliphatic heterocycles. The number of nitrogens with zero attached hydrogens (tertiary/aromatic N) is 1. The number of carbonyl (C=O) groups excluding carboxylic acids is 1. The van der Waals surface area contributed by atoms with Crippen molar-refractivity contribution in [2.75, 3.05) is 13.7 Å². The molecule has 6 heteroatoms.